The lowest BCUT2D eigenvalue weighted by Crippen LogP contribution is -2.14. The number of rotatable bonds is 3. The third kappa shape index (κ3) is 4.37. The van der Waals surface area contributed by atoms with Gasteiger partial charge in [0.25, 0.3) is 5.91 Å². The van der Waals surface area contributed by atoms with Crippen LogP contribution in [0.4, 0.5) is 18.9 Å². The molecule has 0 bridgehead atoms. The number of pyridine rings is 1. The summed E-state index contributed by atoms with van der Waals surface area (Å²) in [6.07, 6.45) is 1.41. The predicted molar refractivity (Wildman–Crippen MR) is 75.6 cm³/mol. The molecule has 1 aromatic heterocycles. The molecule has 2 rings (SSSR count). The molecule has 1 N–H and O–H groups in total. The van der Waals surface area contributed by atoms with Crippen LogP contribution in [-0.2, 0) is 0 Å². The second-order valence-electron chi connectivity index (χ2n) is 3.84. The zero-order chi connectivity index (χ0) is 15.5. The third-order valence-electron chi connectivity index (χ3n) is 2.36. The Morgan fingerprint density at radius 3 is 2.57 bits per heavy atom. The highest BCUT2D eigenvalue weighted by Gasteiger charge is 2.30. The van der Waals surface area contributed by atoms with Crippen LogP contribution in [0.1, 0.15) is 10.4 Å². The van der Waals surface area contributed by atoms with Crippen molar-refractivity contribution < 1.29 is 18.0 Å². The largest absolute Gasteiger partial charge is 0.446 e. The Labute approximate surface area is 127 Å². The van der Waals surface area contributed by atoms with Gasteiger partial charge in [0.2, 0.25) is 0 Å². The molecule has 0 saturated heterocycles. The number of carbonyl (C=O) groups excluding carboxylic acids is 1. The SMILES string of the molecule is O=C(Nc1ccccc1SC(F)(F)F)c1cccnc1Cl. The number of halogens is 4. The van der Waals surface area contributed by atoms with Gasteiger partial charge >= 0.3 is 5.51 Å². The lowest BCUT2D eigenvalue weighted by molar-refractivity contribution is -0.0328. The van der Waals surface area contributed by atoms with Crippen molar-refractivity contribution in [3.05, 3.63) is 53.3 Å². The minimum atomic E-state index is -4.44. The van der Waals surface area contributed by atoms with Gasteiger partial charge in [0.1, 0.15) is 5.15 Å². The molecule has 1 aromatic carbocycles. The summed E-state index contributed by atoms with van der Waals surface area (Å²) in [7, 11) is 0. The van der Waals surface area contributed by atoms with E-state index in [4.69, 9.17) is 11.6 Å². The van der Waals surface area contributed by atoms with E-state index < -0.39 is 11.4 Å². The number of anilines is 1. The highest BCUT2D eigenvalue weighted by atomic mass is 35.5. The second kappa shape index (κ2) is 6.36. The first kappa shape index (κ1) is 15.7. The van der Waals surface area contributed by atoms with Gasteiger partial charge in [-0.05, 0) is 36.0 Å². The van der Waals surface area contributed by atoms with Crippen LogP contribution in [0.5, 0.6) is 0 Å². The number of para-hydroxylation sites is 1. The topological polar surface area (TPSA) is 42.0 Å². The molecular formula is C13H8ClF3N2OS. The van der Waals surface area contributed by atoms with Gasteiger partial charge in [0.15, 0.2) is 0 Å². The Hall–Kier alpha value is -1.73. The van der Waals surface area contributed by atoms with Crippen LogP contribution in [0.25, 0.3) is 0 Å². The zero-order valence-corrected chi connectivity index (χ0v) is 11.9. The molecule has 21 heavy (non-hydrogen) atoms. The number of thioether (sulfide) groups is 1. The van der Waals surface area contributed by atoms with Gasteiger partial charge in [-0.2, -0.15) is 13.2 Å². The number of amides is 1. The van der Waals surface area contributed by atoms with Crippen molar-refractivity contribution in [1.29, 1.82) is 0 Å². The van der Waals surface area contributed by atoms with Crippen molar-refractivity contribution in [2.75, 3.05) is 5.32 Å². The fraction of sp³-hybridized carbons (Fsp3) is 0.0769. The molecular weight excluding hydrogens is 325 g/mol. The summed E-state index contributed by atoms with van der Waals surface area (Å²) in [6, 6.07) is 8.60. The van der Waals surface area contributed by atoms with Gasteiger partial charge < -0.3 is 5.32 Å². The summed E-state index contributed by atoms with van der Waals surface area (Å²) in [5.74, 6) is -0.622. The predicted octanol–water partition coefficient (Wildman–Crippen LogP) is 4.60. The average molecular weight is 333 g/mol. The van der Waals surface area contributed by atoms with E-state index in [0.717, 1.165) is 0 Å². The number of nitrogens with zero attached hydrogens (tertiary/aromatic N) is 1. The molecule has 3 nitrogen and oxygen atoms in total. The van der Waals surface area contributed by atoms with E-state index in [-0.39, 0.29) is 33.1 Å². The Kier molecular flexibility index (Phi) is 4.74. The fourth-order valence-electron chi connectivity index (χ4n) is 1.53. The van der Waals surface area contributed by atoms with Crippen molar-refractivity contribution in [2.24, 2.45) is 0 Å². The summed E-state index contributed by atoms with van der Waals surface area (Å²) in [6.45, 7) is 0. The maximum atomic E-state index is 12.5. The van der Waals surface area contributed by atoms with Crippen molar-refractivity contribution in [3.8, 4) is 0 Å². The molecule has 0 saturated carbocycles. The molecule has 0 aliphatic carbocycles. The molecule has 0 aliphatic rings. The minimum absolute atomic E-state index is 0.0176. The van der Waals surface area contributed by atoms with Crippen LogP contribution >= 0.6 is 23.4 Å². The molecule has 0 fully saturated rings. The first-order chi connectivity index (χ1) is 9.87. The quantitative estimate of drug-likeness (QED) is 0.660. The summed E-state index contributed by atoms with van der Waals surface area (Å²) in [4.78, 5) is 15.7. The molecule has 0 spiro atoms. The van der Waals surface area contributed by atoms with Crippen LogP contribution in [0.15, 0.2) is 47.5 Å². The lowest BCUT2D eigenvalue weighted by Gasteiger charge is -2.12. The van der Waals surface area contributed by atoms with Gasteiger partial charge in [0.05, 0.1) is 11.3 Å². The number of hydrogen-bond donors (Lipinski definition) is 1. The molecule has 8 heteroatoms. The number of aromatic nitrogens is 1. The average Bonchev–Trinajstić information content (AvgIpc) is 2.40. The maximum Gasteiger partial charge on any atom is 0.446 e. The van der Waals surface area contributed by atoms with E-state index in [1.807, 2.05) is 0 Å². The summed E-state index contributed by atoms with van der Waals surface area (Å²) in [5, 5.41) is 2.39. The smallest absolute Gasteiger partial charge is 0.321 e. The second-order valence-corrected chi connectivity index (χ2v) is 5.30. The first-order valence-electron chi connectivity index (χ1n) is 5.63. The van der Waals surface area contributed by atoms with Gasteiger partial charge in [-0.15, -0.1) is 0 Å². The molecule has 110 valence electrons. The van der Waals surface area contributed by atoms with E-state index in [1.54, 1.807) is 0 Å². The molecule has 0 atom stereocenters. The third-order valence-corrected chi connectivity index (χ3v) is 3.47. The Bertz CT molecular complexity index is 664. The van der Waals surface area contributed by atoms with Crippen LogP contribution in [0.2, 0.25) is 5.15 Å². The number of nitrogens with one attached hydrogen (secondary N) is 1. The fourth-order valence-corrected chi connectivity index (χ4v) is 2.36. The lowest BCUT2D eigenvalue weighted by atomic mass is 10.2. The Morgan fingerprint density at radius 1 is 1.19 bits per heavy atom. The molecule has 0 radical (unpaired) electrons. The number of benzene rings is 1. The summed E-state index contributed by atoms with van der Waals surface area (Å²) < 4.78 is 37.4. The first-order valence-corrected chi connectivity index (χ1v) is 6.83. The molecule has 0 aliphatic heterocycles. The van der Waals surface area contributed by atoms with E-state index in [0.29, 0.717) is 0 Å². The van der Waals surface area contributed by atoms with E-state index in [1.165, 1.54) is 42.6 Å². The summed E-state index contributed by atoms with van der Waals surface area (Å²) in [5.41, 5.74) is -4.29. The molecule has 0 unspecified atom stereocenters. The van der Waals surface area contributed by atoms with E-state index in [9.17, 15) is 18.0 Å². The Morgan fingerprint density at radius 2 is 1.90 bits per heavy atom. The van der Waals surface area contributed by atoms with Crippen molar-refractivity contribution in [2.45, 2.75) is 10.4 Å². The Balaban J connectivity index is 2.24. The normalized spacial score (nSPS) is 11.2. The van der Waals surface area contributed by atoms with Crippen molar-refractivity contribution in [1.82, 2.24) is 4.98 Å². The van der Waals surface area contributed by atoms with E-state index in [2.05, 4.69) is 10.3 Å². The monoisotopic (exact) mass is 332 g/mol. The molecule has 2 aromatic rings. The van der Waals surface area contributed by atoms with Crippen LogP contribution in [0.3, 0.4) is 0 Å². The van der Waals surface area contributed by atoms with Gasteiger partial charge in [-0.3, -0.25) is 4.79 Å². The number of hydrogen-bond acceptors (Lipinski definition) is 3. The van der Waals surface area contributed by atoms with Crippen LogP contribution in [0, 0.1) is 0 Å². The highest BCUT2D eigenvalue weighted by Crippen LogP contribution is 2.40. The van der Waals surface area contributed by atoms with Gasteiger partial charge in [-0.1, -0.05) is 23.7 Å². The molecule has 1 heterocycles. The van der Waals surface area contributed by atoms with Gasteiger partial charge in [-0.25, -0.2) is 4.98 Å². The van der Waals surface area contributed by atoms with Crippen LogP contribution in [-0.4, -0.2) is 16.4 Å². The van der Waals surface area contributed by atoms with Crippen LogP contribution < -0.4 is 5.32 Å². The zero-order valence-electron chi connectivity index (χ0n) is 10.3. The van der Waals surface area contributed by atoms with Gasteiger partial charge in [0, 0.05) is 11.1 Å². The maximum absolute atomic E-state index is 12.5. The summed E-state index contributed by atoms with van der Waals surface area (Å²) >= 11 is 5.48. The number of carbonyl (C=O) groups is 1. The molecule has 1 amide bonds. The standard InChI is InChI=1S/C13H8ClF3N2OS/c14-11-8(4-3-7-18-11)12(20)19-9-5-1-2-6-10(9)21-13(15,16)17/h1-7H,(H,19,20). The minimum Gasteiger partial charge on any atom is -0.321 e. The van der Waals surface area contributed by atoms with Crippen molar-refractivity contribution in [3.63, 3.8) is 0 Å². The number of alkyl halides is 3. The van der Waals surface area contributed by atoms with E-state index >= 15 is 0 Å². The highest BCUT2D eigenvalue weighted by molar-refractivity contribution is 8.00. The van der Waals surface area contributed by atoms with Crippen molar-refractivity contribution >= 4 is 35.0 Å².